The normalized spacial score (nSPS) is 11.3. The Morgan fingerprint density at radius 1 is 1.43 bits per heavy atom. The summed E-state index contributed by atoms with van der Waals surface area (Å²) in [5.74, 6) is -1.92. The molecule has 0 aliphatic carbocycles. The summed E-state index contributed by atoms with van der Waals surface area (Å²) in [6, 6.07) is 2.29. The number of aromatic carboxylic acids is 1. The number of hydrogen-bond donors (Lipinski definition) is 3. The molecule has 6 nitrogen and oxygen atoms in total. The maximum Gasteiger partial charge on any atom is 0.338 e. The van der Waals surface area contributed by atoms with Crippen LogP contribution >= 0.6 is 0 Å². The number of H-pyrrole nitrogens is 1. The van der Waals surface area contributed by atoms with Crippen LogP contribution in [0.1, 0.15) is 42.4 Å². The van der Waals surface area contributed by atoms with Crippen molar-refractivity contribution in [2.75, 3.05) is 12.4 Å². The van der Waals surface area contributed by atoms with E-state index in [9.17, 15) is 9.18 Å². The van der Waals surface area contributed by atoms with Crippen LogP contribution in [0.5, 0.6) is 5.75 Å². The molecular formula is C16H20FN3O3. The summed E-state index contributed by atoms with van der Waals surface area (Å²) in [4.78, 5) is 11.1. The molecule has 0 unspecified atom stereocenters. The van der Waals surface area contributed by atoms with Gasteiger partial charge in [0.2, 0.25) is 0 Å². The largest absolute Gasteiger partial charge is 0.494 e. The number of hydrogen-bond acceptors (Lipinski definition) is 4. The molecule has 2 rings (SSSR count). The van der Waals surface area contributed by atoms with Gasteiger partial charge in [-0.1, -0.05) is 20.8 Å². The van der Waals surface area contributed by atoms with Gasteiger partial charge in [0, 0.05) is 29.3 Å². The summed E-state index contributed by atoms with van der Waals surface area (Å²) in [7, 11) is 1.40. The molecule has 124 valence electrons. The predicted octanol–water partition coefficient (Wildman–Crippen LogP) is 3.17. The van der Waals surface area contributed by atoms with E-state index < -0.39 is 17.3 Å². The summed E-state index contributed by atoms with van der Waals surface area (Å²) in [5.41, 5.74) is 1.82. The lowest BCUT2D eigenvalue weighted by Gasteiger charge is -2.19. The number of carbonyl (C=O) groups is 1. The van der Waals surface area contributed by atoms with Crippen LogP contribution in [0, 0.1) is 5.82 Å². The van der Waals surface area contributed by atoms with E-state index in [1.807, 2.05) is 0 Å². The van der Waals surface area contributed by atoms with E-state index in [1.165, 1.54) is 13.2 Å². The van der Waals surface area contributed by atoms with Crippen LogP contribution in [0.4, 0.5) is 10.1 Å². The van der Waals surface area contributed by atoms with Crippen molar-refractivity contribution in [1.82, 2.24) is 10.2 Å². The summed E-state index contributed by atoms with van der Waals surface area (Å²) in [5, 5.41) is 19.1. The molecule has 0 amide bonds. The molecule has 0 radical (unpaired) electrons. The Bertz CT molecular complexity index is 720. The number of aromatic nitrogens is 2. The second kappa shape index (κ2) is 6.28. The summed E-state index contributed by atoms with van der Waals surface area (Å²) >= 11 is 0. The number of nitrogens with zero attached hydrogens (tertiary/aromatic N) is 1. The van der Waals surface area contributed by atoms with Crippen molar-refractivity contribution in [2.45, 2.75) is 32.7 Å². The maximum atomic E-state index is 13.7. The molecule has 0 atom stereocenters. The van der Waals surface area contributed by atoms with Crippen LogP contribution in [0.15, 0.2) is 18.3 Å². The third-order valence-corrected chi connectivity index (χ3v) is 3.46. The molecule has 7 heteroatoms. The van der Waals surface area contributed by atoms with Gasteiger partial charge in [0.15, 0.2) is 0 Å². The van der Waals surface area contributed by atoms with E-state index in [1.54, 1.807) is 6.20 Å². The van der Waals surface area contributed by atoms with Gasteiger partial charge in [-0.2, -0.15) is 5.10 Å². The van der Waals surface area contributed by atoms with Gasteiger partial charge in [-0.25, -0.2) is 9.18 Å². The summed E-state index contributed by atoms with van der Waals surface area (Å²) in [6.45, 7) is 6.59. The minimum Gasteiger partial charge on any atom is -0.494 e. The second-order valence-corrected chi connectivity index (χ2v) is 6.21. The number of nitrogens with one attached hydrogen (secondary N) is 2. The lowest BCUT2D eigenvalue weighted by Crippen LogP contribution is -2.16. The van der Waals surface area contributed by atoms with Crippen molar-refractivity contribution in [3.05, 3.63) is 41.0 Å². The number of carboxylic acids is 1. The highest BCUT2D eigenvalue weighted by atomic mass is 19.1. The van der Waals surface area contributed by atoms with Gasteiger partial charge in [0.05, 0.1) is 24.6 Å². The number of ether oxygens (including phenoxy) is 1. The minimum absolute atomic E-state index is 0.105. The quantitative estimate of drug-likeness (QED) is 0.787. The number of benzene rings is 1. The van der Waals surface area contributed by atoms with Crippen molar-refractivity contribution >= 4 is 11.7 Å². The van der Waals surface area contributed by atoms with Crippen LogP contribution in [0.3, 0.4) is 0 Å². The van der Waals surface area contributed by atoms with Gasteiger partial charge in [-0.05, 0) is 6.07 Å². The number of methoxy groups -OCH3 is 1. The first kappa shape index (κ1) is 16.8. The van der Waals surface area contributed by atoms with Gasteiger partial charge in [0.25, 0.3) is 0 Å². The van der Waals surface area contributed by atoms with Crippen LogP contribution in [-0.2, 0) is 12.0 Å². The fourth-order valence-corrected chi connectivity index (χ4v) is 2.31. The molecule has 0 saturated carbocycles. The highest BCUT2D eigenvalue weighted by molar-refractivity contribution is 5.90. The summed E-state index contributed by atoms with van der Waals surface area (Å²) < 4.78 is 18.8. The van der Waals surface area contributed by atoms with Crippen LogP contribution in [0.2, 0.25) is 0 Å². The van der Waals surface area contributed by atoms with E-state index in [0.29, 0.717) is 12.2 Å². The average Bonchev–Trinajstić information content (AvgIpc) is 2.93. The van der Waals surface area contributed by atoms with Crippen LogP contribution in [-0.4, -0.2) is 28.4 Å². The van der Waals surface area contributed by atoms with Crippen LogP contribution in [0.25, 0.3) is 0 Å². The molecule has 1 aromatic heterocycles. The first-order chi connectivity index (χ1) is 10.7. The number of anilines is 1. The molecule has 1 heterocycles. The molecule has 2 aromatic rings. The monoisotopic (exact) mass is 321 g/mol. The smallest absolute Gasteiger partial charge is 0.338 e. The van der Waals surface area contributed by atoms with E-state index >= 15 is 0 Å². The highest BCUT2D eigenvalue weighted by Gasteiger charge is 2.21. The number of halogens is 1. The van der Waals surface area contributed by atoms with E-state index in [-0.39, 0.29) is 11.2 Å². The SMILES string of the molecule is COc1cc(F)c(C(=O)O)cc1NCc1cn[nH]c1C(C)(C)C. The topological polar surface area (TPSA) is 87.2 Å². The summed E-state index contributed by atoms with van der Waals surface area (Å²) in [6.07, 6.45) is 1.71. The Labute approximate surface area is 133 Å². The Kier molecular flexibility index (Phi) is 4.58. The van der Waals surface area contributed by atoms with Gasteiger partial charge in [0.1, 0.15) is 11.6 Å². The lowest BCUT2D eigenvalue weighted by molar-refractivity contribution is 0.0692. The molecule has 3 N–H and O–H groups in total. The first-order valence-corrected chi connectivity index (χ1v) is 7.11. The van der Waals surface area contributed by atoms with Gasteiger partial charge in [-0.3, -0.25) is 5.10 Å². The molecule has 0 aliphatic heterocycles. The van der Waals surface area contributed by atoms with Crippen molar-refractivity contribution < 1.29 is 19.0 Å². The van der Waals surface area contributed by atoms with Crippen molar-refractivity contribution in [1.29, 1.82) is 0 Å². The number of carboxylic acid groups (broad SMARTS) is 1. The van der Waals surface area contributed by atoms with E-state index in [2.05, 4.69) is 36.3 Å². The molecular weight excluding hydrogens is 301 g/mol. The fourth-order valence-electron chi connectivity index (χ4n) is 2.31. The van der Waals surface area contributed by atoms with Crippen molar-refractivity contribution in [3.8, 4) is 5.75 Å². The van der Waals surface area contributed by atoms with Gasteiger partial charge < -0.3 is 15.2 Å². The van der Waals surface area contributed by atoms with Gasteiger partial charge in [-0.15, -0.1) is 0 Å². The Morgan fingerprint density at radius 3 is 2.70 bits per heavy atom. The van der Waals surface area contributed by atoms with E-state index in [4.69, 9.17) is 9.84 Å². The Balaban J connectivity index is 2.29. The molecule has 1 aromatic carbocycles. The molecule has 0 aliphatic rings. The second-order valence-electron chi connectivity index (χ2n) is 6.21. The zero-order valence-corrected chi connectivity index (χ0v) is 13.5. The Morgan fingerprint density at radius 2 is 2.13 bits per heavy atom. The molecule has 23 heavy (non-hydrogen) atoms. The molecule has 0 bridgehead atoms. The zero-order chi connectivity index (χ0) is 17.2. The van der Waals surface area contributed by atoms with E-state index in [0.717, 1.165) is 17.3 Å². The van der Waals surface area contributed by atoms with Crippen molar-refractivity contribution in [3.63, 3.8) is 0 Å². The standard InChI is InChI=1S/C16H20FN3O3/c1-16(2,3)14-9(8-19-20-14)7-18-12-5-10(15(21)22)11(17)6-13(12)23-4/h5-6,8,18H,7H2,1-4H3,(H,19,20)(H,21,22). The predicted molar refractivity (Wildman–Crippen MR) is 84.5 cm³/mol. The Hall–Kier alpha value is -2.57. The highest BCUT2D eigenvalue weighted by Crippen LogP contribution is 2.29. The van der Waals surface area contributed by atoms with Crippen LogP contribution < -0.4 is 10.1 Å². The maximum absolute atomic E-state index is 13.7. The minimum atomic E-state index is -1.33. The van der Waals surface area contributed by atoms with Crippen molar-refractivity contribution in [2.24, 2.45) is 0 Å². The number of rotatable bonds is 5. The third-order valence-electron chi connectivity index (χ3n) is 3.46. The molecule has 0 fully saturated rings. The fraction of sp³-hybridized carbons (Fsp3) is 0.375. The zero-order valence-electron chi connectivity index (χ0n) is 13.5. The first-order valence-electron chi connectivity index (χ1n) is 7.11. The molecule has 0 spiro atoms. The number of aromatic amines is 1. The van der Waals surface area contributed by atoms with Gasteiger partial charge >= 0.3 is 5.97 Å². The lowest BCUT2D eigenvalue weighted by atomic mass is 9.89. The third kappa shape index (κ3) is 3.61. The average molecular weight is 321 g/mol. The molecule has 0 saturated heterocycles.